The molecule has 0 fully saturated rings. The summed E-state index contributed by atoms with van der Waals surface area (Å²) in [7, 11) is -4.83. The maximum atomic E-state index is 12.6. The summed E-state index contributed by atoms with van der Waals surface area (Å²) in [6, 6.07) is 29.8. The lowest BCUT2D eigenvalue weighted by molar-refractivity contribution is -0.136. The second-order valence-corrected chi connectivity index (χ2v) is 13.7. The van der Waals surface area contributed by atoms with Crippen LogP contribution in [0.15, 0.2) is 106 Å². The minimum atomic E-state index is -4.83. The first-order valence-electron chi connectivity index (χ1n) is 16.2. The van der Waals surface area contributed by atoms with E-state index in [0.717, 1.165) is 39.3 Å². The molecule has 0 saturated carbocycles. The van der Waals surface area contributed by atoms with E-state index < -0.39 is 16.1 Å². The Balaban J connectivity index is 1.71. The average molecular weight is 675 g/mol. The van der Waals surface area contributed by atoms with Gasteiger partial charge < -0.3 is 19.0 Å². The Morgan fingerprint density at radius 2 is 1.47 bits per heavy atom. The standard InChI is InChI=1S/C40H38N2O6S/c1-6-41(39-25(2)11-9-12-26(39)3)29-17-19-31-34(23-29)48-35-24-30(42(22-21-37(43)44)40-27(4)13-10-14-28(40)5)18-20-32(35)38(31)33-15-7-8-16-36(33)49(45,46)47/h7-20,23-24H,6,21-22H2,1-5H3,(H-,43,44,45,46,47). The summed E-state index contributed by atoms with van der Waals surface area (Å²) in [6.07, 6.45) is -0.0881. The molecule has 1 aliphatic carbocycles. The van der Waals surface area contributed by atoms with Crippen molar-refractivity contribution < 1.29 is 27.3 Å². The fraction of sp³-hybridized carbons (Fsp3) is 0.200. The van der Waals surface area contributed by atoms with Crippen LogP contribution >= 0.6 is 0 Å². The number of hydrogen-bond acceptors (Lipinski definition) is 6. The van der Waals surface area contributed by atoms with E-state index in [-0.39, 0.29) is 23.4 Å². The van der Waals surface area contributed by atoms with Crippen LogP contribution in [0.1, 0.15) is 35.6 Å². The Labute approximate surface area is 286 Å². The topological polar surface area (TPSA) is 114 Å². The maximum Gasteiger partial charge on any atom is 0.309 e. The quantitative estimate of drug-likeness (QED) is 0.0937. The van der Waals surface area contributed by atoms with Crippen LogP contribution < -0.4 is 14.8 Å². The zero-order chi connectivity index (χ0) is 35.0. The SMILES string of the molecule is CCN(c1ccc2c(-c3ccccc3S(=O)(=O)[O-])c3ccc(=[N+](CCC(=O)O)c4c(C)cccc4C)cc-3oc2c1)c1c(C)cccc1C. The molecule has 0 saturated heterocycles. The van der Waals surface area contributed by atoms with Crippen LogP contribution in [0.2, 0.25) is 0 Å². The molecule has 9 heteroatoms. The maximum absolute atomic E-state index is 12.6. The zero-order valence-corrected chi connectivity index (χ0v) is 29.0. The summed E-state index contributed by atoms with van der Waals surface area (Å²) >= 11 is 0. The number of benzene rings is 5. The molecule has 8 nitrogen and oxygen atoms in total. The molecule has 4 aromatic carbocycles. The highest BCUT2D eigenvalue weighted by atomic mass is 32.2. The van der Waals surface area contributed by atoms with E-state index in [1.54, 1.807) is 12.1 Å². The molecule has 0 radical (unpaired) electrons. The summed E-state index contributed by atoms with van der Waals surface area (Å²) < 4.78 is 46.3. The number of carbonyl (C=O) groups is 1. The first kappa shape index (κ1) is 33.6. The van der Waals surface area contributed by atoms with Gasteiger partial charge in [0.05, 0.1) is 11.0 Å². The van der Waals surface area contributed by atoms with Gasteiger partial charge in [0.15, 0.2) is 6.54 Å². The minimum Gasteiger partial charge on any atom is -0.744 e. The number of aryl methyl sites for hydroxylation is 4. The molecule has 0 amide bonds. The van der Waals surface area contributed by atoms with E-state index in [9.17, 15) is 22.9 Å². The molecule has 4 aromatic rings. The molecule has 0 spiro atoms. The van der Waals surface area contributed by atoms with Crippen molar-refractivity contribution in [2.24, 2.45) is 0 Å². The zero-order valence-electron chi connectivity index (χ0n) is 28.2. The number of rotatable bonds is 9. The van der Waals surface area contributed by atoms with Crippen LogP contribution in [0.3, 0.4) is 0 Å². The number of hydrogen-bond donors (Lipinski definition) is 1. The van der Waals surface area contributed by atoms with Gasteiger partial charge in [-0.25, -0.2) is 8.42 Å². The smallest absolute Gasteiger partial charge is 0.309 e. The largest absolute Gasteiger partial charge is 0.744 e. The molecular formula is C40H38N2O6S. The minimum absolute atomic E-state index is 0.0881. The predicted molar refractivity (Wildman–Crippen MR) is 193 cm³/mol. The molecule has 2 aliphatic rings. The molecule has 0 unspecified atom stereocenters. The van der Waals surface area contributed by atoms with Gasteiger partial charge in [-0.2, -0.15) is 4.58 Å². The third kappa shape index (κ3) is 6.47. The number of carboxylic acids is 1. The van der Waals surface area contributed by atoms with Crippen LogP contribution in [0.5, 0.6) is 0 Å². The van der Waals surface area contributed by atoms with Gasteiger partial charge in [-0.05, 0) is 70.0 Å². The molecule has 49 heavy (non-hydrogen) atoms. The third-order valence-electron chi connectivity index (χ3n) is 9.02. The molecule has 0 atom stereocenters. The molecule has 0 bridgehead atoms. The number of aliphatic carboxylic acids is 1. The van der Waals surface area contributed by atoms with Crippen molar-refractivity contribution in [1.82, 2.24) is 4.58 Å². The van der Waals surface area contributed by atoms with E-state index in [1.165, 1.54) is 12.1 Å². The normalized spacial score (nSPS) is 12.4. The highest BCUT2D eigenvalue weighted by molar-refractivity contribution is 7.85. The van der Waals surface area contributed by atoms with Gasteiger partial charge >= 0.3 is 5.97 Å². The van der Waals surface area contributed by atoms with Crippen molar-refractivity contribution in [3.63, 3.8) is 0 Å². The lowest BCUT2D eigenvalue weighted by atomic mass is 9.93. The molecule has 0 aromatic heterocycles. The Hall–Kier alpha value is -5.25. The highest BCUT2D eigenvalue weighted by Gasteiger charge is 2.25. The molecule has 6 rings (SSSR count). The van der Waals surface area contributed by atoms with E-state index in [4.69, 9.17) is 4.42 Å². The summed E-state index contributed by atoms with van der Waals surface area (Å²) in [6.45, 7) is 11.1. The number of carboxylic acid groups (broad SMARTS) is 1. The third-order valence-corrected chi connectivity index (χ3v) is 9.92. The van der Waals surface area contributed by atoms with Gasteiger partial charge in [-0.15, -0.1) is 0 Å². The molecule has 1 aliphatic heterocycles. The Morgan fingerprint density at radius 3 is 2.10 bits per heavy atom. The highest BCUT2D eigenvalue weighted by Crippen LogP contribution is 2.43. The number of para-hydroxylation sites is 2. The van der Waals surface area contributed by atoms with Gasteiger partial charge in [-0.3, -0.25) is 4.79 Å². The molecule has 250 valence electrons. The van der Waals surface area contributed by atoms with Gasteiger partial charge in [0.25, 0.3) is 0 Å². The summed E-state index contributed by atoms with van der Waals surface area (Å²) in [5.41, 5.74) is 9.09. The van der Waals surface area contributed by atoms with Crippen molar-refractivity contribution in [1.29, 1.82) is 0 Å². The lowest BCUT2D eigenvalue weighted by Gasteiger charge is -2.27. The second kappa shape index (κ2) is 13.3. The van der Waals surface area contributed by atoms with Gasteiger partial charge in [0.1, 0.15) is 27.9 Å². The van der Waals surface area contributed by atoms with E-state index in [0.29, 0.717) is 39.8 Å². The first-order valence-corrected chi connectivity index (χ1v) is 17.6. The Kier molecular flexibility index (Phi) is 9.16. The summed E-state index contributed by atoms with van der Waals surface area (Å²) in [4.78, 5) is 13.6. The lowest BCUT2D eigenvalue weighted by Crippen LogP contribution is -2.29. The van der Waals surface area contributed by atoms with Crippen LogP contribution in [-0.2, 0) is 14.9 Å². The Bertz CT molecular complexity index is 2350. The second-order valence-electron chi connectivity index (χ2n) is 12.3. The first-order chi connectivity index (χ1) is 23.4. The van der Waals surface area contributed by atoms with Gasteiger partial charge in [0.2, 0.25) is 11.0 Å². The van der Waals surface area contributed by atoms with Gasteiger partial charge in [-0.1, -0.05) is 54.6 Å². The molecule has 1 N–H and O–H groups in total. The van der Waals surface area contributed by atoms with Crippen molar-refractivity contribution in [2.45, 2.75) is 45.9 Å². The summed E-state index contributed by atoms with van der Waals surface area (Å²) in [5.74, 6) is -0.459. The van der Waals surface area contributed by atoms with E-state index >= 15 is 0 Å². The van der Waals surface area contributed by atoms with Crippen LogP contribution in [0.4, 0.5) is 17.1 Å². The molecule has 1 heterocycles. The van der Waals surface area contributed by atoms with Crippen LogP contribution in [-0.4, -0.2) is 37.1 Å². The van der Waals surface area contributed by atoms with E-state index in [1.807, 2.05) is 79.1 Å². The molecular weight excluding hydrogens is 637 g/mol. The van der Waals surface area contributed by atoms with Crippen molar-refractivity contribution in [2.75, 3.05) is 18.0 Å². The van der Waals surface area contributed by atoms with Crippen molar-refractivity contribution in [3.8, 4) is 22.5 Å². The number of anilines is 2. The van der Waals surface area contributed by atoms with Crippen molar-refractivity contribution in [3.05, 3.63) is 125 Å². The van der Waals surface area contributed by atoms with Gasteiger partial charge in [0, 0.05) is 63.3 Å². The Morgan fingerprint density at radius 1 is 0.816 bits per heavy atom. The number of fused-ring (bicyclic) bond motifs is 2. The number of nitrogens with zero attached hydrogens (tertiary/aromatic N) is 2. The van der Waals surface area contributed by atoms with Crippen molar-refractivity contribution >= 4 is 44.1 Å². The fourth-order valence-electron chi connectivity index (χ4n) is 6.89. The fourth-order valence-corrected chi connectivity index (χ4v) is 7.58. The predicted octanol–water partition coefficient (Wildman–Crippen LogP) is 8.08. The van der Waals surface area contributed by atoms with Crippen LogP contribution in [0.25, 0.3) is 33.4 Å². The summed E-state index contributed by atoms with van der Waals surface area (Å²) in [5, 5.41) is 11.0. The monoisotopic (exact) mass is 674 g/mol. The van der Waals surface area contributed by atoms with E-state index in [2.05, 4.69) is 37.8 Å². The van der Waals surface area contributed by atoms with Crippen LogP contribution in [0, 0.1) is 27.7 Å². The average Bonchev–Trinajstić information content (AvgIpc) is 3.05.